The highest BCUT2D eigenvalue weighted by Gasteiger charge is 2.25. The molecule has 8 heteroatoms. The number of carbonyl (C=O) groups is 1. The van der Waals surface area contributed by atoms with Crippen LogP contribution in [-0.4, -0.2) is 92.5 Å². The van der Waals surface area contributed by atoms with Crippen LogP contribution in [0.1, 0.15) is 45.2 Å². The van der Waals surface area contributed by atoms with Crippen LogP contribution in [0.3, 0.4) is 0 Å². The lowest BCUT2D eigenvalue weighted by Gasteiger charge is -2.40. The molecule has 2 rings (SSSR count). The number of guanidine groups is 1. The molecule has 1 aliphatic rings. The van der Waals surface area contributed by atoms with E-state index in [9.17, 15) is 4.79 Å². The third-order valence-electron chi connectivity index (χ3n) is 5.84. The zero-order valence-corrected chi connectivity index (χ0v) is 22.7. The lowest BCUT2D eigenvalue weighted by Crippen LogP contribution is -2.47. The normalized spacial score (nSPS) is 17.5. The van der Waals surface area contributed by atoms with E-state index in [1.807, 2.05) is 18.7 Å². The van der Waals surface area contributed by atoms with Gasteiger partial charge < -0.3 is 20.4 Å². The molecule has 1 saturated heterocycles. The van der Waals surface area contributed by atoms with Gasteiger partial charge in [0.1, 0.15) is 0 Å². The lowest BCUT2D eigenvalue weighted by molar-refractivity contribution is -0.130. The first-order valence-corrected chi connectivity index (χ1v) is 11.9. The van der Waals surface area contributed by atoms with E-state index in [1.165, 1.54) is 5.56 Å². The smallest absolute Gasteiger partial charge is 0.224 e. The van der Waals surface area contributed by atoms with E-state index in [-0.39, 0.29) is 29.9 Å². The van der Waals surface area contributed by atoms with Gasteiger partial charge in [0.05, 0.1) is 0 Å². The number of nitrogens with zero attached hydrogens (tertiary/aromatic N) is 4. The van der Waals surface area contributed by atoms with E-state index in [0.29, 0.717) is 19.0 Å². The van der Waals surface area contributed by atoms with Crippen LogP contribution in [0.2, 0.25) is 0 Å². The van der Waals surface area contributed by atoms with Crippen LogP contribution in [0.5, 0.6) is 0 Å². The molecule has 1 aliphatic heterocycles. The van der Waals surface area contributed by atoms with Crippen molar-refractivity contribution in [3.63, 3.8) is 0 Å². The highest BCUT2D eigenvalue weighted by molar-refractivity contribution is 14.0. The van der Waals surface area contributed by atoms with Gasteiger partial charge in [-0.15, -0.1) is 24.0 Å². The number of benzene rings is 1. The number of rotatable bonds is 11. The minimum atomic E-state index is 0. The third kappa shape index (κ3) is 9.62. The van der Waals surface area contributed by atoms with Crippen molar-refractivity contribution in [2.24, 2.45) is 4.99 Å². The topological polar surface area (TPSA) is 63.2 Å². The van der Waals surface area contributed by atoms with Crippen LogP contribution in [-0.2, 0) is 4.79 Å². The van der Waals surface area contributed by atoms with Gasteiger partial charge in [-0.3, -0.25) is 14.7 Å². The highest BCUT2D eigenvalue weighted by atomic mass is 127. The second-order valence-electron chi connectivity index (χ2n) is 8.08. The molecule has 1 aromatic rings. The number of amides is 1. The molecule has 2 N–H and O–H groups in total. The first-order valence-electron chi connectivity index (χ1n) is 11.9. The summed E-state index contributed by atoms with van der Waals surface area (Å²) in [7, 11) is 2.21. The molecule has 0 bridgehead atoms. The lowest BCUT2D eigenvalue weighted by atomic mass is 10.0. The van der Waals surface area contributed by atoms with Crippen molar-refractivity contribution in [3.05, 3.63) is 35.9 Å². The molecule has 32 heavy (non-hydrogen) atoms. The first kappa shape index (κ1) is 28.6. The monoisotopic (exact) mass is 558 g/mol. The Hall–Kier alpha value is -1.39. The number of piperazine rings is 1. The molecule has 1 amide bonds. The summed E-state index contributed by atoms with van der Waals surface area (Å²) in [5.41, 5.74) is 1.39. The van der Waals surface area contributed by atoms with Gasteiger partial charge in [0.25, 0.3) is 0 Å². The van der Waals surface area contributed by atoms with Crippen molar-refractivity contribution in [1.29, 1.82) is 0 Å². The summed E-state index contributed by atoms with van der Waals surface area (Å²) in [5, 5.41) is 6.59. The molecule has 1 heterocycles. The molecule has 1 aromatic carbocycles. The predicted molar refractivity (Wildman–Crippen MR) is 145 cm³/mol. The van der Waals surface area contributed by atoms with Crippen molar-refractivity contribution in [2.45, 2.75) is 39.7 Å². The Morgan fingerprint density at radius 3 is 2.50 bits per heavy atom. The number of nitrogens with one attached hydrogen (secondary N) is 2. The Bertz CT molecular complexity index is 668. The number of halogens is 1. The van der Waals surface area contributed by atoms with Gasteiger partial charge in [-0.2, -0.15) is 0 Å². The average molecular weight is 559 g/mol. The molecule has 0 aliphatic carbocycles. The van der Waals surface area contributed by atoms with Gasteiger partial charge in [0, 0.05) is 71.4 Å². The minimum Gasteiger partial charge on any atom is -0.357 e. The summed E-state index contributed by atoms with van der Waals surface area (Å²) in [6.45, 7) is 14.1. The number of hydrogen-bond donors (Lipinski definition) is 2. The van der Waals surface area contributed by atoms with Crippen LogP contribution in [0.15, 0.2) is 35.3 Å². The number of carbonyl (C=O) groups excluding carboxylic acids is 1. The summed E-state index contributed by atoms with van der Waals surface area (Å²) < 4.78 is 0. The van der Waals surface area contributed by atoms with Crippen LogP contribution in [0.25, 0.3) is 0 Å². The maximum Gasteiger partial charge on any atom is 0.224 e. The first-order chi connectivity index (χ1) is 15.1. The van der Waals surface area contributed by atoms with Crippen molar-refractivity contribution in [1.82, 2.24) is 25.3 Å². The third-order valence-corrected chi connectivity index (χ3v) is 5.84. The van der Waals surface area contributed by atoms with E-state index in [4.69, 9.17) is 4.99 Å². The van der Waals surface area contributed by atoms with E-state index in [1.54, 1.807) is 0 Å². The molecular weight excluding hydrogens is 515 g/mol. The van der Waals surface area contributed by atoms with E-state index in [2.05, 4.69) is 64.7 Å². The van der Waals surface area contributed by atoms with Crippen LogP contribution in [0.4, 0.5) is 0 Å². The fourth-order valence-electron chi connectivity index (χ4n) is 4.04. The quantitative estimate of drug-likeness (QED) is 0.189. The highest BCUT2D eigenvalue weighted by Crippen LogP contribution is 2.24. The van der Waals surface area contributed by atoms with Crippen LogP contribution >= 0.6 is 24.0 Å². The zero-order chi connectivity index (χ0) is 22.5. The number of likely N-dealkylation sites (N-methyl/N-ethyl adjacent to an activating group) is 1. The van der Waals surface area contributed by atoms with Gasteiger partial charge in [0.15, 0.2) is 5.96 Å². The van der Waals surface area contributed by atoms with Crippen molar-refractivity contribution in [2.75, 3.05) is 66.0 Å². The maximum atomic E-state index is 12.2. The molecule has 1 fully saturated rings. The zero-order valence-electron chi connectivity index (χ0n) is 20.3. The SMILES string of the molecule is CCNC(=NCCCN1CCN(C)CC1c1ccccc1)NCCC(=O)N(CC)CC.I. The molecule has 1 unspecified atom stereocenters. The van der Waals surface area contributed by atoms with Gasteiger partial charge >= 0.3 is 0 Å². The summed E-state index contributed by atoms with van der Waals surface area (Å²) in [6, 6.07) is 11.3. The van der Waals surface area contributed by atoms with Gasteiger partial charge in [0.2, 0.25) is 5.91 Å². The van der Waals surface area contributed by atoms with Gasteiger partial charge in [-0.1, -0.05) is 30.3 Å². The van der Waals surface area contributed by atoms with E-state index >= 15 is 0 Å². The fraction of sp³-hybridized carbons (Fsp3) is 0.667. The maximum absolute atomic E-state index is 12.2. The molecule has 1 atom stereocenters. The van der Waals surface area contributed by atoms with Crippen LogP contribution < -0.4 is 10.6 Å². The molecule has 0 saturated carbocycles. The summed E-state index contributed by atoms with van der Waals surface area (Å²) >= 11 is 0. The Balaban J connectivity index is 0.00000512. The fourth-order valence-corrected chi connectivity index (χ4v) is 4.04. The number of hydrogen-bond acceptors (Lipinski definition) is 4. The minimum absolute atomic E-state index is 0. The Labute approximate surface area is 212 Å². The van der Waals surface area contributed by atoms with Crippen molar-refractivity contribution >= 4 is 35.8 Å². The molecule has 182 valence electrons. The largest absolute Gasteiger partial charge is 0.357 e. The second kappa shape index (κ2) is 16.3. The Morgan fingerprint density at radius 1 is 1.12 bits per heavy atom. The van der Waals surface area contributed by atoms with E-state index < -0.39 is 0 Å². The van der Waals surface area contributed by atoms with E-state index in [0.717, 1.165) is 64.7 Å². The molecular formula is C24H43IN6O. The molecule has 0 radical (unpaired) electrons. The van der Waals surface area contributed by atoms with Crippen molar-refractivity contribution < 1.29 is 4.79 Å². The van der Waals surface area contributed by atoms with Crippen LogP contribution in [0, 0.1) is 0 Å². The van der Waals surface area contributed by atoms with Crippen molar-refractivity contribution in [3.8, 4) is 0 Å². The standard InChI is InChI=1S/C24H42N6O.HI/c1-5-25-24(27-16-14-23(31)29(6-2)7-3)26-15-11-17-30-19-18-28(4)20-22(30)21-12-9-8-10-13-21;/h8-10,12-13,22H,5-7,11,14-20H2,1-4H3,(H2,25,26,27);1H. The molecule has 7 nitrogen and oxygen atoms in total. The summed E-state index contributed by atoms with van der Waals surface area (Å²) in [5.74, 6) is 0.989. The summed E-state index contributed by atoms with van der Waals surface area (Å²) in [4.78, 5) is 23.8. The molecule has 0 aromatic heterocycles. The van der Waals surface area contributed by atoms with Gasteiger partial charge in [-0.05, 0) is 39.8 Å². The molecule has 0 spiro atoms. The van der Waals surface area contributed by atoms with Gasteiger partial charge in [-0.25, -0.2) is 0 Å². The second-order valence-corrected chi connectivity index (χ2v) is 8.08. The number of aliphatic imine (C=N–C) groups is 1. The Kier molecular flexibility index (Phi) is 14.6. The average Bonchev–Trinajstić information content (AvgIpc) is 2.78. The summed E-state index contributed by atoms with van der Waals surface area (Å²) in [6.07, 6.45) is 1.51. The predicted octanol–water partition coefficient (Wildman–Crippen LogP) is 2.80. The Morgan fingerprint density at radius 2 is 1.84 bits per heavy atom.